The van der Waals surface area contributed by atoms with Crippen molar-refractivity contribution < 1.29 is 22.8 Å². The number of nitrogens with one attached hydrogen (secondary N) is 1. The number of nitrogens with two attached hydrogens (primary N) is 1. The Kier molecular flexibility index (Phi) is 12.5. The smallest absolute Gasteiger partial charge is 0.349 e. The zero-order valence-corrected chi connectivity index (χ0v) is 27.3. The molecule has 2 aromatic rings. The van der Waals surface area contributed by atoms with E-state index in [2.05, 4.69) is 19.2 Å². The molecule has 8 heteroatoms. The zero-order chi connectivity index (χ0) is 32.6. The van der Waals surface area contributed by atoms with Gasteiger partial charge in [-0.2, -0.15) is 13.2 Å². The molecule has 3 atom stereocenters. The number of benzene rings is 2. The first-order chi connectivity index (χ1) is 21.5. The van der Waals surface area contributed by atoms with Gasteiger partial charge in [0.2, 0.25) is 5.91 Å². The molecular formula is C37H52F3N3O2. The van der Waals surface area contributed by atoms with E-state index in [1.54, 1.807) is 6.07 Å². The third-order valence-electron chi connectivity index (χ3n) is 10.6. The lowest BCUT2D eigenvalue weighted by Gasteiger charge is -2.36. The van der Waals surface area contributed by atoms with Gasteiger partial charge in [0.15, 0.2) is 0 Å². The summed E-state index contributed by atoms with van der Waals surface area (Å²) in [4.78, 5) is 27.5. The van der Waals surface area contributed by atoms with Gasteiger partial charge in [0.05, 0.1) is 5.56 Å². The fraction of sp³-hybridized carbons (Fsp3) is 0.622. The van der Waals surface area contributed by atoms with Crippen LogP contribution in [-0.4, -0.2) is 42.4 Å². The highest BCUT2D eigenvalue weighted by atomic mass is 19.4. The highest BCUT2D eigenvalue weighted by Crippen LogP contribution is 2.36. The van der Waals surface area contributed by atoms with E-state index < -0.39 is 11.7 Å². The molecule has 2 fully saturated rings. The van der Waals surface area contributed by atoms with Gasteiger partial charge >= 0.3 is 6.18 Å². The molecule has 3 unspecified atom stereocenters. The van der Waals surface area contributed by atoms with Crippen LogP contribution in [0.1, 0.15) is 112 Å². The molecule has 2 aromatic carbocycles. The molecule has 1 heterocycles. The van der Waals surface area contributed by atoms with Crippen molar-refractivity contribution >= 4 is 11.8 Å². The SMILES string of the molecule is CC(Cc1ccccc1C(=O)N[C@H]1CC[C@H](C(C)CCC(C)C2CCN(C(=O)CCN)CC2)CC1)c1cccc(C(F)(F)F)c1. The summed E-state index contributed by atoms with van der Waals surface area (Å²) in [5.41, 5.74) is 6.98. The van der Waals surface area contributed by atoms with Crippen molar-refractivity contribution in [3.63, 3.8) is 0 Å². The van der Waals surface area contributed by atoms with Crippen molar-refractivity contribution in [2.75, 3.05) is 19.6 Å². The molecule has 1 aliphatic heterocycles. The number of carbonyl (C=O) groups excluding carboxylic acids is 2. The van der Waals surface area contributed by atoms with Crippen LogP contribution >= 0.6 is 0 Å². The number of halogens is 3. The van der Waals surface area contributed by atoms with Crippen molar-refractivity contribution in [2.45, 2.75) is 103 Å². The van der Waals surface area contributed by atoms with E-state index in [1.165, 1.54) is 25.0 Å². The number of alkyl halides is 3. The van der Waals surface area contributed by atoms with Gasteiger partial charge in [-0.3, -0.25) is 9.59 Å². The second-order valence-corrected chi connectivity index (χ2v) is 13.8. The molecule has 3 N–H and O–H groups in total. The summed E-state index contributed by atoms with van der Waals surface area (Å²) in [6.45, 7) is 8.80. The fourth-order valence-electron chi connectivity index (χ4n) is 7.48. The maximum absolute atomic E-state index is 13.4. The summed E-state index contributed by atoms with van der Waals surface area (Å²) < 4.78 is 39.7. The van der Waals surface area contributed by atoms with Gasteiger partial charge in [-0.05, 0) is 97.8 Å². The topological polar surface area (TPSA) is 75.4 Å². The van der Waals surface area contributed by atoms with Gasteiger partial charge in [-0.15, -0.1) is 0 Å². The largest absolute Gasteiger partial charge is 0.416 e. The Labute approximate surface area is 267 Å². The summed E-state index contributed by atoms with van der Waals surface area (Å²) >= 11 is 0. The zero-order valence-electron chi connectivity index (χ0n) is 27.3. The van der Waals surface area contributed by atoms with E-state index in [4.69, 9.17) is 5.73 Å². The van der Waals surface area contributed by atoms with Crippen LogP contribution in [0.3, 0.4) is 0 Å². The lowest BCUT2D eigenvalue weighted by Crippen LogP contribution is -2.40. The molecule has 1 saturated carbocycles. The predicted molar refractivity (Wildman–Crippen MR) is 174 cm³/mol. The minimum atomic E-state index is -4.38. The van der Waals surface area contributed by atoms with E-state index in [9.17, 15) is 22.8 Å². The molecule has 4 rings (SSSR count). The lowest BCUT2D eigenvalue weighted by atomic mass is 9.75. The quantitative estimate of drug-likeness (QED) is 0.251. The number of piperidine rings is 1. The number of hydrogen-bond acceptors (Lipinski definition) is 3. The van der Waals surface area contributed by atoms with Crippen LogP contribution < -0.4 is 11.1 Å². The monoisotopic (exact) mass is 627 g/mol. The van der Waals surface area contributed by atoms with Crippen LogP contribution in [0.15, 0.2) is 48.5 Å². The van der Waals surface area contributed by atoms with Crippen LogP contribution in [0, 0.1) is 23.7 Å². The van der Waals surface area contributed by atoms with Crippen LogP contribution in [-0.2, 0) is 17.4 Å². The Bertz CT molecular complexity index is 1250. The van der Waals surface area contributed by atoms with Crippen LogP contribution in [0.4, 0.5) is 13.2 Å². The molecule has 0 radical (unpaired) electrons. The summed E-state index contributed by atoms with van der Waals surface area (Å²) in [5.74, 6) is 2.58. The van der Waals surface area contributed by atoms with Crippen LogP contribution in [0.2, 0.25) is 0 Å². The molecule has 5 nitrogen and oxygen atoms in total. The normalized spacial score (nSPS) is 21.6. The summed E-state index contributed by atoms with van der Waals surface area (Å²) in [6, 6.07) is 13.1. The Morgan fingerprint density at radius 3 is 2.13 bits per heavy atom. The fourth-order valence-corrected chi connectivity index (χ4v) is 7.48. The molecule has 45 heavy (non-hydrogen) atoms. The standard InChI is InChI=1S/C37H52F3N3O2/c1-25(11-12-26(2)29-18-21-43(22-19-29)35(44)17-20-41)28-13-15-33(16-14-28)42-36(45)34-10-5-4-7-31(34)23-27(3)30-8-6-9-32(24-30)37(38,39)40/h4-10,24-29,33H,11-23,41H2,1-3H3,(H,42,45)/t25?,26?,27?,28-,33-. The number of amides is 2. The number of hydrogen-bond donors (Lipinski definition) is 2. The third kappa shape index (κ3) is 9.81. The summed E-state index contributed by atoms with van der Waals surface area (Å²) in [7, 11) is 0. The number of rotatable bonds is 12. The molecule has 1 saturated heterocycles. The molecule has 0 spiro atoms. The van der Waals surface area contributed by atoms with E-state index >= 15 is 0 Å². The molecule has 0 bridgehead atoms. The minimum absolute atomic E-state index is 0.0945. The van der Waals surface area contributed by atoms with Gasteiger partial charge in [0.1, 0.15) is 0 Å². The number of nitrogens with zero attached hydrogens (tertiary/aromatic N) is 1. The lowest BCUT2D eigenvalue weighted by molar-refractivity contribution is -0.137. The molecule has 248 valence electrons. The average Bonchev–Trinajstić information content (AvgIpc) is 3.04. The van der Waals surface area contributed by atoms with E-state index in [1.807, 2.05) is 36.1 Å². The first-order valence-electron chi connectivity index (χ1n) is 17.0. The van der Waals surface area contributed by atoms with Gasteiger partial charge in [-0.25, -0.2) is 0 Å². The average molecular weight is 628 g/mol. The Morgan fingerprint density at radius 1 is 0.889 bits per heavy atom. The highest BCUT2D eigenvalue weighted by Gasteiger charge is 2.32. The summed E-state index contributed by atoms with van der Waals surface area (Å²) in [5, 5.41) is 3.27. The van der Waals surface area contributed by atoms with Gasteiger partial charge in [0.25, 0.3) is 5.91 Å². The van der Waals surface area contributed by atoms with Gasteiger partial charge in [0, 0.05) is 37.7 Å². The van der Waals surface area contributed by atoms with Crippen molar-refractivity contribution in [3.05, 3.63) is 70.8 Å². The van der Waals surface area contributed by atoms with Crippen molar-refractivity contribution in [3.8, 4) is 0 Å². The predicted octanol–water partition coefficient (Wildman–Crippen LogP) is 7.98. The van der Waals surface area contributed by atoms with Gasteiger partial charge in [-0.1, -0.05) is 70.0 Å². The van der Waals surface area contributed by atoms with E-state index in [0.717, 1.165) is 63.2 Å². The maximum Gasteiger partial charge on any atom is 0.416 e. The highest BCUT2D eigenvalue weighted by molar-refractivity contribution is 5.95. The molecular weight excluding hydrogens is 575 g/mol. The Morgan fingerprint density at radius 2 is 1.51 bits per heavy atom. The second kappa shape index (κ2) is 16.1. The summed E-state index contributed by atoms with van der Waals surface area (Å²) in [6.07, 6.45) is 5.31. The molecule has 0 aromatic heterocycles. The molecule has 2 amide bonds. The van der Waals surface area contributed by atoms with Crippen LogP contribution in [0.25, 0.3) is 0 Å². The Balaban J connectivity index is 1.22. The number of carbonyl (C=O) groups is 2. The van der Waals surface area contributed by atoms with E-state index in [-0.39, 0.29) is 23.8 Å². The maximum atomic E-state index is 13.4. The second-order valence-electron chi connectivity index (χ2n) is 13.8. The van der Waals surface area contributed by atoms with E-state index in [0.29, 0.717) is 54.2 Å². The van der Waals surface area contributed by atoms with Crippen molar-refractivity contribution in [1.29, 1.82) is 0 Å². The van der Waals surface area contributed by atoms with Crippen molar-refractivity contribution in [2.24, 2.45) is 29.4 Å². The van der Waals surface area contributed by atoms with Gasteiger partial charge < -0.3 is 16.0 Å². The third-order valence-corrected chi connectivity index (χ3v) is 10.6. The Hall–Kier alpha value is -2.87. The molecule has 1 aliphatic carbocycles. The van der Waals surface area contributed by atoms with Crippen molar-refractivity contribution in [1.82, 2.24) is 10.2 Å². The van der Waals surface area contributed by atoms with Crippen LogP contribution in [0.5, 0.6) is 0 Å². The first kappa shape index (κ1) is 35.0. The molecule has 2 aliphatic rings. The number of likely N-dealkylation sites (tertiary alicyclic amines) is 1. The minimum Gasteiger partial charge on any atom is -0.349 e. The first-order valence-corrected chi connectivity index (χ1v) is 17.0.